The molecule has 26 heavy (non-hydrogen) atoms. The molecule has 0 aromatic heterocycles. The Kier molecular flexibility index (Phi) is 5.43. The minimum absolute atomic E-state index is 0.0105. The van der Waals surface area contributed by atoms with Crippen LogP contribution in [0.5, 0.6) is 0 Å². The molecule has 2 aliphatic heterocycles. The van der Waals surface area contributed by atoms with Gasteiger partial charge in [-0.1, -0.05) is 11.6 Å². The molecule has 0 amide bonds. The number of dihydropyridines is 1. The Hall–Kier alpha value is -1.24. The van der Waals surface area contributed by atoms with Crippen LogP contribution in [-0.2, 0) is 14.8 Å². The van der Waals surface area contributed by atoms with Crippen molar-refractivity contribution in [3.8, 4) is 0 Å². The van der Waals surface area contributed by atoms with E-state index >= 15 is 0 Å². The number of allylic oxidation sites excluding steroid dienone is 4. The molecule has 0 aromatic carbocycles. The summed E-state index contributed by atoms with van der Waals surface area (Å²) in [4.78, 5) is 4.90. The molecule has 1 atom stereocenters. The molecule has 0 spiro atoms. The van der Waals surface area contributed by atoms with Crippen LogP contribution in [0.3, 0.4) is 0 Å². The van der Waals surface area contributed by atoms with Crippen molar-refractivity contribution in [2.24, 2.45) is 4.99 Å². The van der Waals surface area contributed by atoms with Crippen LogP contribution in [0.15, 0.2) is 38.8 Å². The van der Waals surface area contributed by atoms with E-state index in [-0.39, 0.29) is 6.10 Å². The summed E-state index contributed by atoms with van der Waals surface area (Å²) in [7, 11) is -3.47. The summed E-state index contributed by atoms with van der Waals surface area (Å²) >= 11 is 0. The monoisotopic (exact) mass is 376 g/mol. The number of rotatable bonds is 6. The predicted octanol–water partition coefficient (Wildman–Crippen LogP) is 3.36. The van der Waals surface area contributed by atoms with E-state index in [1.165, 1.54) is 11.1 Å². The molecular formula is C20H28N2O3S. The van der Waals surface area contributed by atoms with Crippen molar-refractivity contribution in [3.63, 3.8) is 0 Å². The average Bonchev–Trinajstić information content (AvgIpc) is 3.33. The number of sulfonamides is 1. The van der Waals surface area contributed by atoms with Gasteiger partial charge in [0.25, 0.3) is 0 Å². The van der Waals surface area contributed by atoms with Gasteiger partial charge in [0.2, 0.25) is 10.0 Å². The van der Waals surface area contributed by atoms with Crippen molar-refractivity contribution in [2.45, 2.75) is 57.5 Å². The van der Waals surface area contributed by atoms with Gasteiger partial charge >= 0.3 is 0 Å². The first-order valence-corrected chi connectivity index (χ1v) is 11.3. The van der Waals surface area contributed by atoms with Crippen LogP contribution >= 0.6 is 0 Å². The third-order valence-corrected chi connectivity index (χ3v) is 7.71. The van der Waals surface area contributed by atoms with Crippen molar-refractivity contribution >= 4 is 16.2 Å². The number of ether oxygens (including phenoxy) is 1. The molecule has 1 saturated heterocycles. The van der Waals surface area contributed by atoms with Crippen LogP contribution in [0, 0.1) is 0 Å². The standard InChI is InChI=1S/C20H28N2O3S/c23-26(24,20-9-8-17-5-1-6-18(17)12-20)22(15-19-7-3-11-25-19)14-16-4-2-10-21-13-16/h4,12-13,19H,1-3,5-11,14-15H2. The van der Waals surface area contributed by atoms with Crippen LogP contribution in [0.4, 0.5) is 0 Å². The molecule has 0 aromatic rings. The van der Waals surface area contributed by atoms with Gasteiger partial charge in [0.05, 0.1) is 11.0 Å². The number of hydrogen-bond donors (Lipinski definition) is 0. The van der Waals surface area contributed by atoms with Crippen molar-refractivity contribution in [1.82, 2.24) is 4.31 Å². The normalized spacial score (nSPS) is 26.3. The molecule has 1 fully saturated rings. The van der Waals surface area contributed by atoms with Gasteiger partial charge in [-0.05, 0) is 68.6 Å². The first kappa shape index (κ1) is 18.1. The fourth-order valence-corrected chi connectivity index (χ4v) is 5.99. The van der Waals surface area contributed by atoms with E-state index < -0.39 is 10.0 Å². The second-order valence-electron chi connectivity index (χ2n) is 7.63. The highest BCUT2D eigenvalue weighted by atomic mass is 32.2. The van der Waals surface area contributed by atoms with Crippen LogP contribution in [0.2, 0.25) is 0 Å². The number of hydrogen-bond acceptors (Lipinski definition) is 4. The largest absolute Gasteiger partial charge is 0.377 e. The highest BCUT2D eigenvalue weighted by molar-refractivity contribution is 7.93. The second-order valence-corrected chi connectivity index (χ2v) is 9.62. The zero-order chi connectivity index (χ0) is 18.0. The first-order valence-electron chi connectivity index (χ1n) is 9.85. The van der Waals surface area contributed by atoms with Crippen LogP contribution in [0.25, 0.3) is 0 Å². The lowest BCUT2D eigenvalue weighted by Gasteiger charge is -2.28. The highest BCUT2D eigenvalue weighted by Crippen LogP contribution is 2.38. The van der Waals surface area contributed by atoms with Crippen molar-refractivity contribution in [1.29, 1.82) is 0 Å². The summed E-state index contributed by atoms with van der Waals surface area (Å²) in [5.74, 6) is 0. The van der Waals surface area contributed by atoms with Gasteiger partial charge in [-0.2, -0.15) is 4.31 Å². The maximum Gasteiger partial charge on any atom is 0.239 e. The lowest BCUT2D eigenvalue weighted by atomic mass is 10.0. The molecule has 6 heteroatoms. The van der Waals surface area contributed by atoms with Crippen LogP contribution in [0.1, 0.15) is 51.4 Å². The molecule has 142 valence electrons. The Balaban J connectivity index is 1.58. The lowest BCUT2D eigenvalue weighted by molar-refractivity contribution is 0.0956. The van der Waals surface area contributed by atoms with Crippen LogP contribution < -0.4 is 0 Å². The molecule has 2 heterocycles. The van der Waals surface area contributed by atoms with Crippen LogP contribution in [-0.4, -0.2) is 51.3 Å². The summed E-state index contributed by atoms with van der Waals surface area (Å²) < 4.78 is 34.3. The van der Waals surface area contributed by atoms with E-state index in [0.29, 0.717) is 24.4 Å². The van der Waals surface area contributed by atoms with Gasteiger partial charge in [0.1, 0.15) is 0 Å². The molecule has 4 rings (SSSR count). The minimum atomic E-state index is -3.47. The first-order chi connectivity index (χ1) is 12.6. The Morgan fingerprint density at radius 3 is 2.88 bits per heavy atom. The van der Waals surface area contributed by atoms with E-state index in [1.54, 1.807) is 4.31 Å². The van der Waals surface area contributed by atoms with Crippen molar-refractivity contribution in [2.75, 3.05) is 26.2 Å². The maximum absolute atomic E-state index is 13.4. The van der Waals surface area contributed by atoms with E-state index in [1.807, 2.05) is 12.3 Å². The second kappa shape index (κ2) is 7.79. The quantitative estimate of drug-likeness (QED) is 0.714. The molecule has 1 unspecified atom stereocenters. The molecule has 0 bridgehead atoms. The molecule has 0 N–H and O–H groups in total. The van der Waals surface area contributed by atoms with Gasteiger partial charge < -0.3 is 4.74 Å². The number of aliphatic imine (C=N–C) groups is 1. The zero-order valence-corrected chi connectivity index (χ0v) is 16.1. The third kappa shape index (κ3) is 3.87. The summed E-state index contributed by atoms with van der Waals surface area (Å²) in [6.07, 6.45) is 13.6. The van der Waals surface area contributed by atoms with Crippen molar-refractivity contribution in [3.05, 3.63) is 33.8 Å². The molecule has 5 nitrogen and oxygen atoms in total. The summed E-state index contributed by atoms with van der Waals surface area (Å²) in [5.41, 5.74) is 3.73. The number of nitrogens with zero attached hydrogens (tertiary/aromatic N) is 2. The van der Waals surface area contributed by atoms with Gasteiger partial charge in [-0.15, -0.1) is 0 Å². The highest BCUT2D eigenvalue weighted by Gasteiger charge is 2.33. The summed E-state index contributed by atoms with van der Waals surface area (Å²) in [6, 6.07) is 0. The third-order valence-electron chi connectivity index (χ3n) is 5.77. The lowest BCUT2D eigenvalue weighted by Crippen LogP contribution is -2.39. The van der Waals surface area contributed by atoms with Gasteiger partial charge in [-0.25, -0.2) is 8.42 Å². The summed E-state index contributed by atoms with van der Waals surface area (Å²) in [6.45, 7) is 2.37. The maximum atomic E-state index is 13.4. The van der Waals surface area contributed by atoms with Gasteiger partial charge in [0, 0.05) is 32.5 Å². The van der Waals surface area contributed by atoms with Gasteiger partial charge in [0.15, 0.2) is 0 Å². The van der Waals surface area contributed by atoms with Gasteiger partial charge in [-0.3, -0.25) is 4.99 Å². The topological polar surface area (TPSA) is 59.0 Å². The minimum Gasteiger partial charge on any atom is -0.377 e. The van der Waals surface area contributed by atoms with E-state index in [9.17, 15) is 8.42 Å². The average molecular weight is 377 g/mol. The van der Waals surface area contributed by atoms with E-state index in [2.05, 4.69) is 11.1 Å². The zero-order valence-electron chi connectivity index (χ0n) is 15.3. The SMILES string of the molecule is O=S(=O)(C1=CC2=C(CCC2)CC1)N(CC1=CCCN=C1)CC1CCCO1. The van der Waals surface area contributed by atoms with E-state index in [4.69, 9.17) is 4.74 Å². The molecule has 4 aliphatic rings. The Morgan fingerprint density at radius 1 is 1.19 bits per heavy atom. The Bertz CT molecular complexity index is 771. The molecule has 0 radical (unpaired) electrons. The Labute approximate surface area is 156 Å². The van der Waals surface area contributed by atoms with E-state index in [0.717, 1.165) is 63.7 Å². The molecule has 2 aliphatic carbocycles. The predicted molar refractivity (Wildman–Crippen MR) is 104 cm³/mol. The molecule has 0 saturated carbocycles. The van der Waals surface area contributed by atoms with Crippen molar-refractivity contribution < 1.29 is 13.2 Å². The smallest absolute Gasteiger partial charge is 0.239 e. The fraction of sp³-hybridized carbons (Fsp3) is 0.650. The Morgan fingerprint density at radius 2 is 2.12 bits per heavy atom. The molecular weight excluding hydrogens is 348 g/mol. The summed E-state index contributed by atoms with van der Waals surface area (Å²) in [5, 5.41) is 0. The fourth-order valence-electron chi connectivity index (χ4n) is 4.33.